The summed E-state index contributed by atoms with van der Waals surface area (Å²) < 4.78 is 13.4. The number of hydrogen-bond acceptors (Lipinski definition) is 9. The number of methoxy groups -OCH3 is 1. The van der Waals surface area contributed by atoms with Gasteiger partial charge >= 0.3 is 5.97 Å². The van der Waals surface area contributed by atoms with Gasteiger partial charge in [-0.15, -0.1) is 0 Å². The van der Waals surface area contributed by atoms with Gasteiger partial charge in [-0.25, -0.2) is 9.97 Å². The summed E-state index contributed by atoms with van der Waals surface area (Å²) in [5, 5.41) is 6.49. The van der Waals surface area contributed by atoms with Gasteiger partial charge in [0.1, 0.15) is 5.75 Å². The van der Waals surface area contributed by atoms with Crippen LogP contribution in [0.2, 0.25) is 5.02 Å². The Hall–Kier alpha value is -4.02. The lowest BCUT2D eigenvalue weighted by atomic mass is 10.2. The second-order valence-corrected chi connectivity index (χ2v) is 9.21. The number of carbonyl (C=O) groups excluding carboxylic acids is 2. The number of amides is 1. The van der Waals surface area contributed by atoms with Crippen LogP contribution < -0.4 is 20.1 Å². The van der Waals surface area contributed by atoms with Crippen molar-refractivity contribution in [3.63, 3.8) is 0 Å². The molecule has 0 spiro atoms. The summed E-state index contributed by atoms with van der Waals surface area (Å²) in [6, 6.07) is 19.9. The topological polar surface area (TPSA) is 114 Å². The number of esters is 1. The summed E-state index contributed by atoms with van der Waals surface area (Å²) in [4.78, 5) is 34.3. The third-order valence-corrected chi connectivity index (χ3v) is 6.39. The number of ether oxygens (including phenoxy) is 2. The van der Waals surface area contributed by atoms with Gasteiger partial charge in [-0.2, -0.15) is 0 Å². The largest absolute Gasteiger partial charge is 0.497 e. The van der Waals surface area contributed by atoms with E-state index in [1.807, 2.05) is 30.3 Å². The predicted octanol–water partition coefficient (Wildman–Crippen LogP) is 5.84. The van der Waals surface area contributed by atoms with Crippen LogP contribution in [0, 0.1) is 0 Å². The van der Waals surface area contributed by atoms with E-state index in [2.05, 4.69) is 15.4 Å². The third-order valence-electron chi connectivity index (χ3n) is 5.28. The van der Waals surface area contributed by atoms with Crippen LogP contribution in [0.4, 0.5) is 17.3 Å². The van der Waals surface area contributed by atoms with Crippen molar-refractivity contribution >= 4 is 63.8 Å². The van der Waals surface area contributed by atoms with E-state index in [0.717, 1.165) is 4.90 Å². The van der Waals surface area contributed by atoms with Crippen molar-refractivity contribution in [2.24, 2.45) is 0 Å². The monoisotopic (exact) mass is 551 g/mol. The zero-order chi connectivity index (χ0) is 26.9. The second kappa shape index (κ2) is 13.0. The summed E-state index contributed by atoms with van der Waals surface area (Å²) in [5.41, 5.74) is 2.51. The number of aromatic nitrogens is 2. The van der Waals surface area contributed by atoms with E-state index in [-0.39, 0.29) is 24.8 Å². The van der Waals surface area contributed by atoms with Crippen molar-refractivity contribution in [1.82, 2.24) is 15.3 Å². The fraction of sp³-hybridized carbons (Fsp3) is 0.185. The molecule has 3 aromatic carbocycles. The Kier molecular flexibility index (Phi) is 9.23. The number of hydrogen-bond donors (Lipinski definition) is 3. The molecule has 1 amide bonds. The molecule has 196 valence electrons. The van der Waals surface area contributed by atoms with Crippen molar-refractivity contribution in [3.8, 4) is 5.75 Å². The molecule has 0 fully saturated rings. The minimum atomic E-state index is -0.350. The molecule has 0 saturated carbocycles. The number of para-hydroxylation sites is 2. The minimum absolute atomic E-state index is 0.114. The molecule has 38 heavy (non-hydrogen) atoms. The summed E-state index contributed by atoms with van der Waals surface area (Å²) >= 11 is 7.69. The molecule has 3 N–H and O–H groups in total. The van der Waals surface area contributed by atoms with E-state index >= 15 is 0 Å². The van der Waals surface area contributed by atoms with Gasteiger partial charge in [-0.1, -0.05) is 29.8 Å². The van der Waals surface area contributed by atoms with E-state index in [9.17, 15) is 9.59 Å². The van der Waals surface area contributed by atoms with Gasteiger partial charge in [0.15, 0.2) is 11.6 Å². The summed E-state index contributed by atoms with van der Waals surface area (Å²) in [6.45, 7) is 2.25. The van der Waals surface area contributed by atoms with Gasteiger partial charge in [0.05, 0.1) is 41.9 Å². The molecule has 0 unspecified atom stereocenters. The fourth-order valence-electron chi connectivity index (χ4n) is 3.43. The Morgan fingerprint density at radius 3 is 2.47 bits per heavy atom. The van der Waals surface area contributed by atoms with Gasteiger partial charge in [0.25, 0.3) is 5.91 Å². The average Bonchev–Trinajstić information content (AvgIpc) is 2.93. The van der Waals surface area contributed by atoms with E-state index < -0.39 is 0 Å². The zero-order valence-electron chi connectivity index (χ0n) is 20.8. The summed E-state index contributed by atoms with van der Waals surface area (Å²) in [6.07, 6.45) is 0.114. The van der Waals surface area contributed by atoms with Gasteiger partial charge in [0.2, 0.25) is 0 Å². The summed E-state index contributed by atoms with van der Waals surface area (Å²) in [7, 11) is 1.58. The molecule has 9 nitrogen and oxygen atoms in total. The Bertz CT molecular complexity index is 1450. The number of carbonyl (C=O) groups is 2. The van der Waals surface area contributed by atoms with Crippen molar-refractivity contribution in [2.75, 3.05) is 30.3 Å². The van der Waals surface area contributed by atoms with Crippen LogP contribution in [0.1, 0.15) is 23.7 Å². The van der Waals surface area contributed by atoms with Gasteiger partial charge in [-0.3, -0.25) is 9.59 Å². The molecule has 0 atom stereocenters. The third kappa shape index (κ3) is 7.05. The normalized spacial score (nSPS) is 10.6. The number of benzene rings is 3. The molecular formula is C27H26ClN5O4S. The lowest BCUT2D eigenvalue weighted by Crippen LogP contribution is -2.26. The molecule has 4 rings (SSSR count). The first-order chi connectivity index (χ1) is 18.5. The first-order valence-electron chi connectivity index (χ1n) is 11.8. The smallest absolute Gasteiger partial charge is 0.307 e. The minimum Gasteiger partial charge on any atom is -0.497 e. The van der Waals surface area contributed by atoms with E-state index in [4.69, 9.17) is 31.0 Å². The first-order valence-corrected chi connectivity index (χ1v) is 13.0. The highest BCUT2D eigenvalue weighted by Gasteiger charge is 2.13. The maximum Gasteiger partial charge on any atom is 0.307 e. The van der Waals surface area contributed by atoms with Crippen LogP contribution in [0.5, 0.6) is 5.75 Å². The van der Waals surface area contributed by atoms with E-state index in [0.29, 0.717) is 51.3 Å². The fourth-order valence-corrected chi connectivity index (χ4v) is 4.29. The van der Waals surface area contributed by atoms with Crippen molar-refractivity contribution in [2.45, 2.75) is 18.2 Å². The van der Waals surface area contributed by atoms with E-state index in [1.54, 1.807) is 50.4 Å². The average molecular weight is 552 g/mol. The molecule has 0 aliphatic carbocycles. The molecule has 0 aliphatic heterocycles. The van der Waals surface area contributed by atoms with Crippen LogP contribution >= 0.6 is 23.5 Å². The standard InChI is InChI=1S/C27H26ClN5O4S/c1-3-37-24(34)13-14-29-27(35)17-7-6-8-19(15-17)38-33-26-25(30-21-9-4-5-10-22(21)31-26)32-23-16-18(36-2)11-12-20(23)28/h4-12,15-16H,3,13-14H2,1-2H3,(H,29,35)(H,30,32)(H,31,33). The Morgan fingerprint density at radius 1 is 0.974 bits per heavy atom. The van der Waals surface area contributed by atoms with Crippen LogP contribution in [0.25, 0.3) is 11.0 Å². The molecular weight excluding hydrogens is 526 g/mol. The number of fused-ring (bicyclic) bond motifs is 1. The molecule has 1 heterocycles. The number of nitrogens with one attached hydrogen (secondary N) is 3. The van der Waals surface area contributed by atoms with Gasteiger partial charge < -0.3 is 24.8 Å². The molecule has 0 aliphatic rings. The van der Waals surface area contributed by atoms with Gasteiger partial charge in [0, 0.05) is 23.1 Å². The highest BCUT2D eigenvalue weighted by atomic mass is 35.5. The number of nitrogens with zero attached hydrogens (tertiary/aromatic N) is 2. The van der Waals surface area contributed by atoms with Crippen molar-refractivity contribution < 1.29 is 19.1 Å². The van der Waals surface area contributed by atoms with Crippen LogP contribution in [-0.2, 0) is 9.53 Å². The second-order valence-electron chi connectivity index (χ2n) is 7.92. The molecule has 0 radical (unpaired) electrons. The Balaban J connectivity index is 1.51. The maximum absolute atomic E-state index is 12.6. The quantitative estimate of drug-likeness (QED) is 0.156. The zero-order valence-corrected chi connectivity index (χ0v) is 22.4. The number of halogens is 1. The molecule has 0 bridgehead atoms. The Morgan fingerprint density at radius 2 is 1.74 bits per heavy atom. The first kappa shape index (κ1) is 27.0. The lowest BCUT2D eigenvalue weighted by molar-refractivity contribution is -0.142. The van der Waals surface area contributed by atoms with Crippen molar-refractivity contribution in [1.29, 1.82) is 0 Å². The van der Waals surface area contributed by atoms with Crippen LogP contribution in [0.15, 0.2) is 71.6 Å². The molecule has 11 heteroatoms. The molecule has 0 saturated heterocycles. The van der Waals surface area contributed by atoms with Crippen LogP contribution in [0.3, 0.4) is 0 Å². The highest BCUT2D eigenvalue weighted by molar-refractivity contribution is 8.00. The maximum atomic E-state index is 12.6. The Labute approximate surface area is 229 Å². The van der Waals surface area contributed by atoms with Crippen molar-refractivity contribution in [3.05, 3.63) is 77.3 Å². The highest BCUT2D eigenvalue weighted by Crippen LogP contribution is 2.33. The SMILES string of the molecule is CCOC(=O)CCNC(=O)c1cccc(SNc2nc3ccccc3nc2Nc2cc(OC)ccc2Cl)c1. The lowest BCUT2D eigenvalue weighted by Gasteiger charge is -2.14. The predicted molar refractivity (Wildman–Crippen MR) is 150 cm³/mol. The van der Waals surface area contributed by atoms with E-state index in [1.165, 1.54) is 11.9 Å². The molecule has 4 aromatic rings. The van der Waals surface area contributed by atoms with Gasteiger partial charge in [-0.05, 0) is 61.3 Å². The summed E-state index contributed by atoms with van der Waals surface area (Å²) in [5.74, 6) is 0.970. The number of anilines is 3. The number of rotatable bonds is 11. The molecule has 1 aromatic heterocycles. The van der Waals surface area contributed by atoms with Crippen LogP contribution in [-0.4, -0.2) is 42.1 Å².